The topological polar surface area (TPSA) is 66.9 Å². The number of benzene rings is 2. The van der Waals surface area contributed by atoms with E-state index in [-0.39, 0.29) is 5.69 Å². The highest BCUT2D eigenvalue weighted by Crippen LogP contribution is 2.33. The molecule has 0 atom stereocenters. The number of nitro benzene ring substituents is 1. The highest BCUT2D eigenvalue weighted by Gasteiger charge is 2.13. The van der Waals surface area contributed by atoms with Crippen molar-refractivity contribution < 1.29 is 4.92 Å². The number of aryl methyl sites for hydroxylation is 1. The first-order valence-corrected chi connectivity index (χ1v) is 5.77. The standard InChI is InChI=1S/C14H8ClN2O2/c1-9-2-4-11(17(18)19)7-12(9)13-6-10(8-16)3-5-14(13)15/h3-7H,1H3. The van der Waals surface area contributed by atoms with E-state index in [1.165, 1.54) is 12.1 Å². The van der Waals surface area contributed by atoms with E-state index >= 15 is 0 Å². The van der Waals surface area contributed by atoms with E-state index in [1.807, 2.05) is 6.07 Å². The largest absolute Gasteiger partial charge is 0.270 e. The second kappa shape index (κ2) is 5.09. The molecule has 0 unspecified atom stereocenters. The van der Waals surface area contributed by atoms with Gasteiger partial charge < -0.3 is 0 Å². The van der Waals surface area contributed by atoms with Crippen molar-refractivity contribution in [1.82, 2.24) is 0 Å². The lowest BCUT2D eigenvalue weighted by Crippen LogP contribution is -1.92. The van der Waals surface area contributed by atoms with Crippen LogP contribution in [0, 0.1) is 34.4 Å². The number of hydrogen-bond donors (Lipinski definition) is 0. The van der Waals surface area contributed by atoms with Crippen molar-refractivity contribution in [2.45, 2.75) is 6.92 Å². The van der Waals surface area contributed by atoms with Crippen LogP contribution in [0.4, 0.5) is 5.69 Å². The van der Waals surface area contributed by atoms with Gasteiger partial charge in [0.1, 0.15) is 0 Å². The fourth-order valence-corrected chi connectivity index (χ4v) is 1.96. The molecule has 0 amide bonds. The average Bonchev–Trinajstić information content (AvgIpc) is 2.40. The Hall–Kier alpha value is -2.38. The summed E-state index contributed by atoms with van der Waals surface area (Å²) >= 11 is 6.10. The number of nitrogens with zero attached hydrogens (tertiary/aromatic N) is 2. The minimum Gasteiger partial charge on any atom is -0.258 e. The molecule has 0 saturated carbocycles. The van der Waals surface area contributed by atoms with E-state index < -0.39 is 4.92 Å². The zero-order chi connectivity index (χ0) is 14.0. The predicted octanol–water partition coefficient (Wildman–Crippen LogP) is 3.90. The summed E-state index contributed by atoms with van der Waals surface area (Å²) in [6, 6.07) is 12.4. The van der Waals surface area contributed by atoms with Crippen molar-refractivity contribution in [1.29, 1.82) is 5.26 Å². The molecule has 93 valence electrons. The monoisotopic (exact) mass is 271 g/mol. The Kier molecular flexibility index (Phi) is 3.50. The van der Waals surface area contributed by atoms with Crippen molar-refractivity contribution in [2.75, 3.05) is 0 Å². The number of halogens is 1. The summed E-state index contributed by atoms with van der Waals surface area (Å²) in [6.07, 6.45) is 0. The van der Waals surface area contributed by atoms with E-state index in [9.17, 15) is 10.1 Å². The Morgan fingerprint density at radius 1 is 1.37 bits per heavy atom. The average molecular weight is 272 g/mol. The van der Waals surface area contributed by atoms with E-state index in [4.69, 9.17) is 16.9 Å². The maximum absolute atomic E-state index is 10.8. The van der Waals surface area contributed by atoms with Crippen LogP contribution in [0.1, 0.15) is 11.1 Å². The van der Waals surface area contributed by atoms with Gasteiger partial charge in [-0.25, -0.2) is 0 Å². The van der Waals surface area contributed by atoms with Gasteiger partial charge in [0.2, 0.25) is 0 Å². The summed E-state index contributed by atoms with van der Waals surface area (Å²) in [7, 11) is 0. The van der Waals surface area contributed by atoms with Gasteiger partial charge in [-0.3, -0.25) is 10.1 Å². The molecule has 1 radical (unpaired) electrons. The van der Waals surface area contributed by atoms with Gasteiger partial charge in [-0.05, 0) is 42.3 Å². The van der Waals surface area contributed by atoms with Gasteiger partial charge in [0.05, 0.1) is 16.6 Å². The fraction of sp³-hybridized carbons (Fsp3) is 0.0714. The van der Waals surface area contributed by atoms with Crippen LogP contribution in [-0.4, -0.2) is 4.92 Å². The van der Waals surface area contributed by atoms with Crippen LogP contribution in [0.5, 0.6) is 0 Å². The molecule has 0 aromatic heterocycles. The molecule has 0 bridgehead atoms. The Morgan fingerprint density at radius 2 is 2.11 bits per heavy atom. The molecule has 2 aromatic carbocycles. The lowest BCUT2D eigenvalue weighted by molar-refractivity contribution is -0.384. The third kappa shape index (κ3) is 2.56. The van der Waals surface area contributed by atoms with E-state index in [0.29, 0.717) is 21.7 Å². The molecule has 0 heterocycles. The van der Waals surface area contributed by atoms with Gasteiger partial charge >= 0.3 is 0 Å². The fourth-order valence-electron chi connectivity index (χ4n) is 1.74. The summed E-state index contributed by atoms with van der Waals surface area (Å²) in [5.41, 5.74) is 2.33. The van der Waals surface area contributed by atoms with Crippen LogP contribution in [0.3, 0.4) is 0 Å². The number of rotatable bonds is 2. The molecular formula is C14H8ClN2O2. The van der Waals surface area contributed by atoms with E-state index in [2.05, 4.69) is 6.07 Å². The van der Waals surface area contributed by atoms with Crippen molar-refractivity contribution in [3.63, 3.8) is 0 Å². The van der Waals surface area contributed by atoms with Crippen molar-refractivity contribution >= 4 is 17.3 Å². The van der Waals surface area contributed by atoms with Crippen LogP contribution < -0.4 is 0 Å². The Labute approximate surface area is 115 Å². The Balaban J connectivity index is 2.68. The maximum Gasteiger partial charge on any atom is 0.270 e. The van der Waals surface area contributed by atoms with Gasteiger partial charge in [-0.2, -0.15) is 5.26 Å². The second-order valence-corrected chi connectivity index (χ2v) is 4.37. The molecule has 0 aliphatic heterocycles. The molecule has 0 aliphatic rings. The molecule has 2 aromatic rings. The molecule has 2 rings (SSSR count). The maximum atomic E-state index is 10.8. The quantitative estimate of drug-likeness (QED) is 0.614. The first kappa shape index (κ1) is 13.1. The molecule has 19 heavy (non-hydrogen) atoms. The van der Waals surface area contributed by atoms with Gasteiger partial charge in [0.15, 0.2) is 0 Å². The number of hydrogen-bond acceptors (Lipinski definition) is 3. The molecule has 0 N–H and O–H groups in total. The molecule has 0 saturated heterocycles. The van der Waals surface area contributed by atoms with Crippen molar-refractivity contribution in [3.05, 3.63) is 62.7 Å². The van der Waals surface area contributed by atoms with Gasteiger partial charge in [-0.1, -0.05) is 11.6 Å². The van der Waals surface area contributed by atoms with Crippen LogP contribution in [0.25, 0.3) is 11.1 Å². The molecule has 0 fully saturated rings. The predicted molar refractivity (Wildman–Crippen MR) is 71.8 cm³/mol. The Morgan fingerprint density at radius 3 is 2.74 bits per heavy atom. The summed E-state index contributed by atoms with van der Waals surface area (Å²) in [4.78, 5) is 10.3. The smallest absolute Gasteiger partial charge is 0.258 e. The molecule has 0 spiro atoms. The van der Waals surface area contributed by atoms with Crippen LogP contribution in [-0.2, 0) is 0 Å². The minimum absolute atomic E-state index is 0.0565. The van der Waals surface area contributed by atoms with Gasteiger partial charge in [0.25, 0.3) is 5.69 Å². The van der Waals surface area contributed by atoms with E-state index in [0.717, 1.165) is 5.56 Å². The molecular weight excluding hydrogens is 264 g/mol. The summed E-state index contributed by atoms with van der Waals surface area (Å²) < 4.78 is 0. The van der Waals surface area contributed by atoms with Crippen molar-refractivity contribution in [2.24, 2.45) is 0 Å². The first-order chi connectivity index (χ1) is 9.02. The number of nitro groups is 1. The lowest BCUT2D eigenvalue weighted by atomic mass is 9.98. The zero-order valence-electron chi connectivity index (χ0n) is 9.98. The minimum atomic E-state index is -0.485. The van der Waals surface area contributed by atoms with Crippen molar-refractivity contribution in [3.8, 4) is 17.2 Å². The third-order valence-corrected chi connectivity index (χ3v) is 3.06. The summed E-state index contributed by atoms with van der Waals surface area (Å²) in [5, 5.41) is 20.1. The first-order valence-electron chi connectivity index (χ1n) is 5.39. The molecule has 5 heteroatoms. The van der Waals surface area contributed by atoms with E-state index in [1.54, 1.807) is 25.1 Å². The SMILES string of the molecule is Cc1[c]cc([N+](=O)[O-])cc1-c1cc(C#N)ccc1Cl. The number of nitriles is 1. The zero-order valence-corrected chi connectivity index (χ0v) is 10.7. The highest BCUT2D eigenvalue weighted by molar-refractivity contribution is 6.33. The van der Waals surface area contributed by atoms with Crippen LogP contribution in [0.15, 0.2) is 30.3 Å². The lowest BCUT2D eigenvalue weighted by Gasteiger charge is -2.08. The van der Waals surface area contributed by atoms with Crippen LogP contribution >= 0.6 is 11.6 Å². The second-order valence-electron chi connectivity index (χ2n) is 3.96. The van der Waals surface area contributed by atoms with Gasteiger partial charge in [-0.15, -0.1) is 0 Å². The molecule has 0 aliphatic carbocycles. The normalized spacial score (nSPS) is 9.95. The third-order valence-electron chi connectivity index (χ3n) is 2.73. The Bertz CT molecular complexity index is 705. The summed E-state index contributed by atoms with van der Waals surface area (Å²) in [5.74, 6) is 0. The highest BCUT2D eigenvalue weighted by atomic mass is 35.5. The molecule has 4 nitrogen and oxygen atoms in total. The number of non-ortho nitro benzene ring substituents is 1. The summed E-state index contributed by atoms with van der Waals surface area (Å²) in [6.45, 7) is 1.79. The van der Waals surface area contributed by atoms with Gasteiger partial charge in [0, 0.05) is 22.7 Å². The van der Waals surface area contributed by atoms with Crippen LogP contribution in [0.2, 0.25) is 5.02 Å².